The summed E-state index contributed by atoms with van der Waals surface area (Å²) in [5.74, 6) is 0. The maximum absolute atomic E-state index is 5.69. The fourth-order valence-electron chi connectivity index (χ4n) is 0.845. The molecule has 1 aromatic rings. The standard InChI is InChI=1S/C7H12ClN3S/c1-11(4-2-3-9)7-10-6(8)5-12-7/h5H,2-4,9H2,1H3. The number of aromatic nitrogens is 1. The highest BCUT2D eigenvalue weighted by molar-refractivity contribution is 7.14. The van der Waals surface area contributed by atoms with Gasteiger partial charge in [-0.1, -0.05) is 11.6 Å². The Kier molecular flexibility index (Phi) is 3.78. The topological polar surface area (TPSA) is 42.1 Å². The lowest BCUT2D eigenvalue weighted by Gasteiger charge is -2.14. The molecular weight excluding hydrogens is 194 g/mol. The molecule has 0 atom stereocenters. The van der Waals surface area contributed by atoms with Gasteiger partial charge in [0.05, 0.1) is 0 Å². The van der Waals surface area contributed by atoms with Crippen LogP contribution in [0.2, 0.25) is 5.15 Å². The SMILES string of the molecule is CN(CCCN)c1nc(Cl)cs1. The van der Waals surface area contributed by atoms with Gasteiger partial charge in [0.15, 0.2) is 5.13 Å². The van der Waals surface area contributed by atoms with Gasteiger partial charge in [-0.2, -0.15) is 0 Å². The minimum atomic E-state index is 0.564. The summed E-state index contributed by atoms with van der Waals surface area (Å²) < 4.78 is 0. The van der Waals surface area contributed by atoms with Crippen molar-refractivity contribution in [2.24, 2.45) is 5.73 Å². The van der Waals surface area contributed by atoms with Crippen molar-refractivity contribution < 1.29 is 0 Å². The highest BCUT2D eigenvalue weighted by atomic mass is 35.5. The van der Waals surface area contributed by atoms with Crippen molar-refractivity contribution in [1.82, 2.24) is 4.98 Å². The summed E-state index contributed by atoms with van der Waals surface area (Å²) in [7, 11) is 1.99. The van der Waals surface area contributed by atoms with Crippen LogP contribution in [0.5, 0.6) is 0 Å². The molecule has 0 aromatic carbocycles. The summed E-state index contributed by atoms with van der Waals surface area (Å²) in [5, 5.41) is 3.35. The zero-order valence-corrected chi connectivity index (χ0v) is 8.53. The largest absolute Gasteiger partial charge is 0.351 e. The molecule has 0 aliphatic rings. The minimum Gasteiger partial charge on any atom is -0.351 e. The second kappa shape index (κ2) is 4.64. The van der Waals surface area contributed by atoms with E-state index in [9.17, 15) is 0 Å². The zero-order valence-electron chi connectivity index (χ0n) is 6.96. The molecule has 0 aliphatic carbocycles. The van der Waals surface area contributed by atoms with E-state index < -0.39 is 0 Å². The first-order valence-corrected chi connectivity index (χ1v) is 5.02. The molecule has 1 aromatic heterocycles. The average molecular weight is 206 g/mol. The summed E-state index contributed by atoms with van der Waals surface area (Å²) in [6, 6.07) is 0. The van der Waals surface area contributed by atoms with Crippen LogP contribution in [-0.2, 0) is 0 Å². The number of nitrogens with zero attached hydrogens (tertiary/aromatic N) is 2. The lowest BCUT2D eigenvalue weighted by atomic mass is 10.4. The molecule has 0 bridgehead atoms. The lowest BCUT2D eigenvalue weighted by molar-refractivity contribution is 0.793. The highest BCUT2D eigenvalue weighted by Crippen LogP contribution is 2.21. The fraction of sp³-hybridized carbons (Fsp3) is 0.571. The van der Waals surface area contributed by atoms with Gasteiger partial charge in [-0.3, -0.25) is 0 Å². The molecule has 0 unspecified atom stereocenters. The average Bonchev–Trinajstić information content (AvgIpc) is 2.47. The number of thiazole rings is 1. The molecule has 0 amide bonds. The van der Waals surface area contributed by atoms with Gasteiger partial charge in [0.25, 0.3) is 0 Å². The molecule has 68 valence electrons. The molecule has 0 fully saturated rings. The van der Waals surface area contributed by atoms with Crippen LogP contribution in [0.15, 0.2) is 5.38 Å². The van der Waals surface area contributed by atoms with Crippen LogP contribution in [0.4, 0.5) is 5.13 Å². The van der Waals surface area contributed by atoms with Gasteiger partial charge in [0, 0.05) is 19.0 Å². The van der Waals surface area contributed by atoms with Crippen LogP contribution in [0.25, 0.3) is 0 Å². The molecule has 0 saturated carbocycles. The number of hydrogen-bond acceptors (Lipinski definition) is 4. The highest BCUT2D eigenvalue weighted by Gasteiger charge is 2.04. The number of anilines is 1. The lowest BCUT2D eigenvalue weighted by Crippen LogP contribution is -2.20. The van der Waals surface area contributed by atoms with E-state index in [1.807, 2.05) is 12.4 Å². The monoisotopic (exact) mass is 205 g/mol. The van der Waals surface area contributed by atoms with Gasteiger partial charge in [-0.25, -0.2) is 4.98 Å². The Hall–Kier alpha value is -0.320. The fourth-order valence-corrected chi connectivity index (χ4v) is 1.79. The van der Waals surface area contributed by atoms with Crippen LogP contribution in [0.3, 0.4) is 0 Å². The molecule has 1 heterocycles. The molecule has 5 heteroatoms. The maximum Gasteiger partial charge on any atom is 0.186 e. The summed E-state index contributed by atoms with van der Waals surface area (Å²) >= 11 is 7.24. The minimum absolute atomic E-state index is 0.564. The van der Waals surface area contributed by atoms with Crippen LogP contribution in [0.1, 0.15) is 6.42 Å². The van der Waals surface area contributed by atoms with Gasteiger partial charge < -0.3 is 10.6 Å². The van der Waals surface area contributed by atoms with E-state index >= 15 is 0 Å². The Morgan fingerprint density at radius 2 is 2.50 bits per heavy atom. The second-order valence-corrected chi connectivity index (χ2v) is 3.74. The predicted molar refractivity (Wildman–Crippen MR) is 54.1 cm³/mol. The summed E-state index contributed by atoms with van der Waals surface area (Å²) in [6.07, 6.45) is 0.980. The Balaban J connectivity index is 2.47. The van der Waals surface area contributed by atoms with Crippen molar-refractivity contribution in [1.29, 1.82) is 0 Å². The van der Waals surface area contributed by atoms with Crippen LogP contribution >= 0.6 is 22.9 Å². The summed E-state index contributed by atoms with van der Waals surface area (Å²) in [5.41, 5.74) is 5.39. The van der Waals surface area contributed by atoms with Crippen molar-refractivity contribution in [3.63, 3.8) is 0 Å². The first-order chi connectivity index (χ1) is 5.74. The van der Waals surface area contributed by atoms with Crippen LogP contribution in [-0.4, -0.2) is 25.1 Å². The molecule has 1 rings (SSSR count). The van der Waals surface area contributed by atoms with Crippen molar-refractivity contribution in [3.8, 4) is 0 Å². The number of hydrogen-bond donors (Lipinski definition) is 1. The molecular formula is C7H12ClN3S. The Labute approximate surface area is 81.2 Å². The van der Waals surface area contributed by atoms with Crippen molar-refractivity contribution in [3.05, 3.63) is 10.5 Å². The predicted octanol–water partition coefficient (Wildman–Crippen LogP) is 1.58. The molecule has 0 radical (unpaired) electrons. The smallest absolute Gasteiger partial charge is 0.186 e. The van der Waals surface area contributed by atoms with Gasteiger partial charge in [-0.05, 0) is 13.0 Å². The molecule has 0 aliphatic heterocycles. The third kappa shape index (κ3) is 2.62. The van der Waals surface area contributed by atoms with Gasteiger partial charge in [-0.15, -0.1) is 11.3 Å². The normalized spacial score (nSPS) is 10.2. The van der Waals surface area contributed by atoms with E-state index in [2.05, 4.69) is 9.88 Å². The molecule has 0 spiro atoms. The molecule has 0 saturated heterocycles. The van der Waals surface area contributed by atoms with Crippen LogP contribution < -0.4 is 10.6 Å². The number of nitrogens with two attached hydrogens (primary N) is 1. The summed E-state index contributed by atoms with van der Waals surface area (Å²) in [4.78, 5) is 6.19. The first-order valence-electron chi connectivity index (χ1n) is 3.76. The zero-order chi connectivity index (χ0) is 8.97. The van der Waals surface area contributed by atoms with Crippen molar-refractivity contribution in [2.75, 3.05) is 25.0 Å². The van der Waals surface area contributed by atoms with Crippen molar-refractivity contribution >= 4 is 28.1 Å². The van der Waals surface area contributed by atoms with E-state index in [0.29, 0.717) is 11.7 Å². The third-order valence-electron chi connectivity index (χ3n) is 1.49. The number of rotatable bonds is 4. The maximum atomic E-state index is 5.69. The van der Waals surface area contributed by atoms with Gasteiger partial charge >= 0.3 is 0 Å². The van der Waals surface area contributed by atoms with E-state index in [1.54, 1.807) is 11.3 Å². The molecule has 3 nitrogen and oxygen atoms in total. The van der Waals surface area contributed by atoms with E-state index in [0.717, 1.165) is 18.1 Å². The van der Waals surface area contributed by atoms with E-state index in [-0.39, 0.29) is 0 Å². The Morgan fingerprint density at radius 3 is 3.00 bits per heavy atom. The quantitative estimate of drug-likeness (QED) is 0.812. The second-order valence-electron chi connectivity index (χ2n) is 2.52. The van der Waals surface area contributed by atoms with E-state index in [4.69, 9.17) is 17.3 Å². The molecule has 2 N–H and O–H groups in total. The summed E-state index contributed by atoms with van der Waals surface area (Å²) in [6.45, 7) is 1.64. The Bertz CT molecular complexity index is 238. The first kappa shape index (κ1) is 9.77. The third-order valence-corrected chi connectivity index (χ3v) is 2.77. The van der Waals surface area contributed by atoms with Gasteiger partial charge in [0.2, 0.25) is 0 Å². The van der Waals surface area contributed by atoms with Crippen molar-refractivity contribution in [2.45, 2.75) is 6.42 Å². The van der Waals surface area contributed by atoms with Crippen LogP contribution in [0, 0.1) is 0 Å². The van der Waals surface area contributed by atoms with Gasteiger partial charge in [0.1, 0.15) is 5.15 Å². The van der Waals surface area contributed by atoms with E-state index in [1.165, 1.54) is 0 Å². The Morgan fingerprint density at radius 1 is 1.75 bits per heavy atom. The number of halogens is 1. The molecule has 12 heavy (non-hydrogen) atoms.